The van der Waals surface area contributed by atoms with Gasteiger partial charge >= 0.3 is 0 Å². The molecule has 2 saturated heterocycles. The number of amides is 1. The monoisotopic (exact) mass is 481 g/mol. The quantitative estimate of drug-likeness (QED) is 0.543. The lowest BCUT2D eigenvalue weighted by atomic mass is 10.1. The molecule has 34 heavy (non-hydrogen) atoms. The molecule has 2 aliphatic heterocycles. The summed E-state index contributed by atoms with van der Waals surface area (Å²) < 4.78 is 31.5. The predicted octanol–water partition coefficient (Wildman–Crippen LogP) is 1.48. The summed E-state index contributed by atoms with van der Waals surface area (Å²) in [5.74, 6) is -0.845. The van der Waals surface area contributed by atoms with E-state index in [1.54, 1.807) is 17.0 Å². The van der Waals surface area contributed by atoms with Crippen LogP contribution in [0.1, 0.15) is 31.1 Å². The Balaban J connectivity index is 1.60. The first-order chi connectivity index (χ1) is 16.2. The fourth-order valence-electron chi connectivity index (χ4n) is 4.17. The third kappa shape index (κ3) is 8.87. The van der Waals surface area contributed by atoms with Gasteiger partial charge in [-0.05, 0) is 32.9 Å². The van der Waals surface area contributed by atoms with E-state index < -0.39 is 11.9 Å². The summed E-state index contributed by atoms with van der Waals surface area (Å²) in [7, 11) is 0. The molecule has 2 aliphatic rings. The third-order valence-corrected chi connectivity index (χ3v) is 6.01. The van der Waals surface area contributed by atoms with Crippen molar-refractivity contribution in [3.8, 4) is 0 Å². The van der Waals surface area contributed by atoms with Crippen molar-refractivity contribution in [2.45, 2.75) is 38.6 Å². The lowest BCUT2D eigenvalue weighted by Gasteiger charge is -2.37. The van der Waals surface area contributed by atoms with Crippen LogP contribution >= 0.6 is 0 Å². The molecule has 0 radical (unpaired) electrons. The van der Waals surface area contributed by atoms with Crippen molar-refractivity contribution in [1.29, 1.82) is 0 Å². The second kappa shape index (κ2) is 12.9. The largest absolute Gasteiger partial charge is 0.389 e. The second-order valence-corrected chi connectivity index (χ2v) is 10.0. The van der Waals surface area contributed by atoms with Crippen LogP contribution in [-0.4, -0.2) is 122 Å². The lowest BCUT2D eigenvalue weighted by Crippen LogP contribution is -2.52. The minimum absolute atomic E-state index is 0.0758. The highest BCUT2D eigenvalue weighted by molar-refractivity contribution is 5.94. The minimum atomic E-state index is -0.601. The van der Waals surface area contributed by atoms with E-state index in [0.29, 0.717) is 59.1 Å². The van der Waals surface area contributed by atoms with Gasteiger partial charge in [-0.25, -0.2) is 4.39 Å². The summed E-state index contributed by atoms with van der Waals surface area (Å²) in [6.07, 6.45) is -0.819. The van der Waals surface area contributed by atoms with Gasteiger partial charge in [0.15, 0.2) is 0 Å². The van der Waals surface area contributed by atoms with Gasteiger partial charge in [0.05, 0.1) is 49.8 Å². The Morgan fingerprint density at radius 3 is 2.62 bits per heavy atom. The van der Waals surface area contributed by atoms with Crippen molar-refractivity contribution in [1.82, 2.24) is 14.7 Å². The fraction of sp³-hybridized carbons (Fsp3) is 0.720. The number of rotatable bonds is 10. The average molecular weight is 482 g/mol. The first kappa shape index (κ1) is 27.0. The molecule has 0 aliphatic carbocycles. The molecule has 1 aromatic carbocycles. The molecule has 9 heteroatoms. The van der Waals surface area contributed by atoms with Gasteiger partial charge in [0.2, 0.25) is 0 Å². The predicted molar refractivity (Wildman–Crippen MR) is 127 cm³/mol. The molecule has 0 spiro atoms. The van der Waals surface area contributed by atoms with Crippen molar-refractivity contribution in [3.05, 3.63) is 35.6 Å². The van der Waals surface area contributed by atoms with Crippen LogP contribution in [0.5, 0.6) is 0 Å². The summed E-state index contributed by atoms with van der Waals surface area (Å²) >= 11 is 0. The van der Waals surface area contributed by atoms with E-state index in [9.17, 15) is 14.3 Å². The molecule has 1 N–H and O–H groups in total. The van der Waals surface area contributed by atoms with Crippen LogP contribution in [0.4, 0.5) is 4.39 Å². The van der Waals surface area contributed by atoms with E-state index in [-0.39, 0.29) is 29.8 Å². The zero-order chi connectivity index (χ0) is 24.6. The molecule has 0 bridgehead atoms. The Hall–Kier alpha value is -1.62. The number of hydrogen-bond acceptors (Lipinski definition) is 7. The third-order valence-electron chi connectivity index (χ3n) is 6.01. The standard InChI is InChI=1S/C25H40FN3O5/c1-25(2,3)34-19-20(30)16-28-12-15-33-21(17-28)18-29(9-8-27-10-13-32-14-11-27)24(31)22-6-4-5-7-23(22)26/h4-7,20-21,30H,8-19H2,1-3H3. The summed E-state index contributed by atoms with van der Waals surface area (Å²) in [6, 6.07) is 6.10. The number of halogens is 1. The van der Waals surface area contributed by atoms with Crippen molar-refractivity contribution >= 4 is 5.91 Å². The smallest absolute Gasteiger partial charge is 0.256 e. The molecule has 3 rings (SSSR count). The van der Waals surface area contributed by atoms with Crippen molar-refractivity contribution < 1.29 is 28.5 Å². The van der Waals surface area contributed by atoms with E-state index in [0.717, 1.165) is 13.1 Å². The summed E-state index contributed by atoms with van der Waals surface area (Å²) in [4.78, 5) is 19.4. The molecule has 2 unspecified atom stereocenters. The van der Waals surface area contributed by atoms with E-state index in [1.165, 1.54) is 12.1 Å². The number of benzene rings is 1. The van der Waals surface area contributed by atoms with E-state index in [2.05, 4.69) is 9.80 Å². The minimum Gasteiger partial charge on any atom is -0.389 e. The fourth-order valence-corrected chi connectivity index (χ4v) is 4.17. The first-order valence-electron chi connectivity index (χ1n) is 12.2. The van der Waals surface area contributed by atoms with Crippen LogP contribution in [0, 0.1) is 5.82 Å². The molecule has 8 nitrogen and oxygen atoms in total. The van der Waals surface area contributed by atoms with E-state index in [1.807, 2.05) is 20.8 Å². The highest BCUT2D eigenvalue weighted by Crippen LogP contribution is 2.15. The van der Waals surface area contributed by atoms with E-state index in [4.69, 9.17) is 14.2 Å². The summed E-state index contributed by atoms with van der Waals surface area (Å²) in [6.45, 7) is 13.0. The number of aliphatic hydroxyl groups is 1. The second-order valence-electron chi connectivity index (χ2n) is 10.0. The van der Waals surface area contributed by atoms with Gasteiger partial charge < -0.3 is 24.2 Å². The zero-order valence-corrected chi connectivity index (χ0v) is 20.7. The first-order valence-corrected chi connectivity index (χ1v) is 12.2. The van der Waals surface area contributed by atoms with Crippen molar-refractivity contribution in [2.24, 2.45) is 0 Å². The van der Waals surface area contributed by atoms with Gasteiger partial charge in [0.1, 0.15) is 5.82 Å². The molecule has 0 aromatic heterocycles. The van der Waals surface area contributed by atoms with Crippen molar-refractivity contribution in [3.63, 3.8) is 0 Å². The Morgan fingerprint density at radius 1 is 1.21 bits per heavy atom. The van der Waals surface area contributed by atoms with Crippen molar-refractivity contribution in [2.75, 3.05) is 78.8 Å². The average Bonchev–Trinajstić information content (AvgIpc) is 2.81. The number of hydrogen-bond donors (Lipinski definition) is 1. The number of β-amino-alcohol motifs (C(OH)–C–C–N with tert-alkyl or cyclic N) is 1. The maximum atomic E-state index is 14.4. The van der Waals surface area contributed by atoms with Gasteiger partial charge in [-0.1, -0.05) is 12.1 Å². The lowest BCUT2D eigenvalue weighted by molar-refractivity contribution is -0.0783. The van der Waals surface area contributed by atoms with Gasteiger partial charge in [0, 0.05) is 52.4 Å². The molecule has 1 amide bonds. The number of ether oxygens (including phenoxy) is 3. The normalized spacial score (nSPS) is 21.4. The molecule has 192 valence electrons. The number of carbonyl (C=O) groups is 1. The molecule has 1 aromatic rings. The van der Waals surface area contributed by atoms with Gasteiger partial charge in [0.25, 0.3) is 5.91 Å². The molecular formula is C25H40FN3O5. The summed E-state index contributed by atoms with van der Waals surface area (Å²) in [5, 5.41) is 10.4. The van der Waals surface area contributed by atoms with Crippen LogP contribution in [-0.2, 0) is 14.2 Å². The Kier molecular flexibility index (Phi) is 10.2. The topological polar surface area (TPSA) is 74.7 Å². The number of morpholine rings is 2. The van der Waals surface area contributed by atoms with Gasteiger partial charge in [-0.3, -0.25) is 14.6 Å². The molecule has 0 saturated carbocycles. The molecule has 2 heterocycles. The maximum Gasteiger partial charge on any atom is 0.256 e. The van der Waals surface area contributed by atoms with Crippen LogP contribution in [0.25, 0.3) is 0 Å². The SMILES string of the molecule is CC(C)(C)OCC(O)CN1CCOC(CN(CCN2CCOCC2)C(=O)c2ccccc2F)C1. The number of aliphatic hydroxyl groups excluding tert-OH is 1. The van der Waals surface area contributed by atoms with E-state index >= 15 is 0 Å². The Morgan fingerprint density at radius 2 is 1.91 bits per heavy atom. The molecule has 2 atom stereocenters. The highest BCUT2D eigenvalue weighted by Gasteiger charge is 2.28. The van der Waals surface area contributed by atoms with Crippen LogP contribution in [0.3, 0.4) is 0 Å². The van der Waals surface area contributed by atoms with Crippen LogP contribution in [0.2, 0.25) is 0 Å². The van der Waals surface area contributed by atoms with Crippen LogP contribution in [0.15, 0.2) is 24.3 Å². The summed E-state index contributed by atoms with van der Waals surface area (Å²) in [5.41, 5.74) is -0.227. The van der Waals surface area contributed by atoms with Gasteiger partial charge in [-0.15, -0.1) is 0 Å². The molecule has 2 fully saturated rings. The maximum absolute atomic E-state index is 14.4. The molecular weight excluding hydrogens is 441 g/mol. The number of nitrogens with zero attached hydrogens (tertiary/aromatic N) is 3. The zero-order valence-electron chi connectivity index (χ0n) is 20.7. The van der Waals surface area contributed by atoms with Crippen LogP contribution < -0.4 is 0 Å². The Bertz CT molecular complexity index is 769. The Labute approximate surface area is 202 Å². The highest BCUT2D eigenvalue weighted by atomic mass is 19.1. The number of carbonyl (C=O) groups excluding carboxylic acids is 1. The van der Waals surface area contributed by atoms with Gasteiger partial charge in [-0.2, -0.15) is 0 Å².